The van der Waals surface area contributed by atoms with Crippen LogP contribution in [0.4, 0.5) is 24.8 Å². The van der Waals surface area contributed by atoms with E-state index in [1.807, 2.05) is 13.8 Å². The smallest absolute Gasteiger partial charge is 0.374 e. The van der Waals surface area contributed by atoms with Gasteiger partial charge in [-0.1, -0.05) is 0 Å². The third kappa shape index (κ3) is 7.12. The molecule has 2 N–H and O–H groups in total. The van der Waals surface area contributed by atoms with E-state index in [9.17, 15) is 13.2 Å². The molecule has 120 valence electrons. The summed E-state index contributed by atoms with van der Waals surface area (Å²) < 4.78 is 42.3. The molecule has 21 heavy (non-hydrogen) atoms. The summed E-state index contributed by atoms with van der Waals surface area (Å²) in [5, 5.41) is 5.76. The van der Waals surface area contributed by atoms with Crippen LogP contribution >= 0.6 is 0 Å². The number of halogens is 3. The zero-order valence-corrected chi connectivity index (χ0v) is 12.4. The van der Waals surface area contributed by atoms with Crippen molar-refractivity contribution in [2.75, 3.05) is 23.8 Å². The Labute approximate surface area is 122 Å². The molecule has 1 atom stereocenters. The van der Waals surface area contributed by atoms with Crippen molar-refractivity contribution in [2.45, 2.75) is 46.0 Å². The summed E-state index contributed by atoms with van der Waals surface area (Å²) in [4.78, 5) is 8.40. The molecule has 1 rings (SSSR count). The van der Waals surface area contributed by atoms with Gasteiger partial charge in [-0.25, -0.2) is 9.97 Å². The number of anilines is 2. The van der Waals surface area contributed by atoms with Crippen molar-refractivity contribution >= 4 is 11.6 Å². The molecule has 0 spiro atoms. The van der Waals surface area contributed by atoms with Gasteiger partial charge in [0.25, 0.3) is 0 Å². The highest BCUT2D eigenvalue weighted by Crippen LogP contribution is 2.23. The van der Waals surface area contributed by atoms with E-state index in [0.717, 1.165) is 0 Å². The highest BCUT2D eigenvalue weighted by atomic mass is 19.4. The Morgan fingerprint density at radius 3 is 2.48 bits per heavy atom. The average molecular weight is 306 g/mol. The third-order valence-corrected chi connectivity index (χ3v) is 2.50. The number of hydrogen-bond donors (Lipinski definition) is 2. The van der Waals surface area contributed by atoms with Gasteiger partial charge in [0.15, 0.2) is 5.82 Å². The molecule has 5 nitrogen and oxygen atoms in total. The lowest BCUT2D eigenvalue weighted by Gasteiger charge is -2.17. The van der Waals surface area contributed by atoms with Crippen LogP contribution < -0.4 is 10.6 Å². The monoisotopic (exact) mass is 306 g/mol. The zero-order valence-electron chi connectivity index (χ0n) is 12.4. The van der Waals surface area contributed by atoms with E-state index < -0.39 is 18.6 Å². The number of rotatable bonds is 8. The Hall–Kier alpha value is -1.57. The first kappa shape index (κ1) is 17.5. The van der Waals surface area contributed by atoms with E-state index in [2.05, 4.69) is 20.6 Å². The Morgan fingerprint density at radius 1 is 1.24 bits per heavy atom. The Kier molecular flexibility index (Phi) is 6.67. The van der Waals surface area contributed by atoms with E-state index >= 15 is 0 Å². The van der Waals surface area contributed by atoms with Crippen molar-refractivity contribution in [1.29, 1.82) is 0 Å². The van der Waals surface area contributed by atoms with Gasteiger partial charge >= 0.3 is 6.18 Å². The Morgan fingerprint density at radius 2 is 1.90 bits per heavy atom. The van der Waals surface area contributed by atoms with Gasteiger partial charge in [0.2, 0.25) is 0 Å². The SMILES string of the molecule is CCNc1cc(NC(C)CC(F)(F)F)nc(COCC)n1. The van der Waals surface area contributed by atoms with Crippen molar-refractivity contribution in [2.24, 2.45) is 0 Å². The number of ether oxygens (including phenoxy) is 1. The summed E-state index contributed by atoms with van der Waals surface area (Å²) in [5.41, 5.74) is 0. The molecule has 0 aliphatic carbocycles. The van der Waals surface area contributed by atoms with Gasteiger partial charge < -0.3 is 15.4 Å². The molecular weight excluding hydrogens is 285 g/mol. The van der Waals surface area contributed by atoms with Crippen molar-refractivity contribution in [1.82, 2.24) is 9.97 Å². The quantitative estimate of drug-likeness (QED) is 0.772. The molecule has 0 saturated carbocycles. The summed E-state index contributed by atoms with van der Waals surface area (Å²) in [5.74, 6) is 1.34. The largest absolute Gasteiger partial charge is 0.391 e. The van der Waals surface area contributed by atoms with Gasteiger partial charge in [0.05, 0.1) is 6.42 Å². The molecule has 0 fully saturated rings. The highest BCUT2D eigenvalue weighted by Gasteiger charge is 2.30. The second kappa shape index (κ2) is 8.02. The summed E-state index contributed by atoms with van der Waals surface area (Å²) in [6, 6.07) is 0.820. The van der Waals surface area contributed by atoms with Crippen LogP contribution in [0.1, 0.15) is 33.0 Å². The van der Waals surface area contributed by atoms with Gasteiger partial charge in [-0.3, -0.25) is 0 Å². The van der Waals surface area contributed by atoms with Gasteiger partial charge in [0.1, 0.15) is 18.2 Å². The minimum atomic E-state index is -4.21. The van der Waals surface area contributed by atoms with Crippen molar-refractivity contribution in [3.05, 3.63) is 11.9 Å². The lowest BCUT2D eigenvalue weighted by Crippen LogP contribution is -2.24. The molecule has 0 aliphatic heterocycles. The van der Waals surface area contributed by atoms with E-state index in [0.29, 0.717) is 30.6 Å². The Bertz CT molecular complexity index is 440. The van der Waals surface area contributed by atoms with E-state index in [4.69, 9.17) is 4.74 Å². The summed E-state index contributed by atoms with van der Waals surface area (Å²) in [6.07, 6.45) is -5.13. The van der Waals surface area contributed by atoms with Crippen LogP contribution in [-0.2, 0) is 11.3 Å². The second-order valence-electron chi connectivity index (χ2n) is 4.59. The van der Waals surface area contributed by atoms with Gasteiger partial charge in [-0.05, 0) is 20.8 Å². The summed E-state index contributed by atoms with van der Waals surface area (Å²) in [6.45, 7) is 6.61. The standard InChI is InChI=1S/C13H21F3N4O/c1-4-17-10-6-11(18-9(3)7-13(14,15)16)20-12(19-10)8-21-5-2/h6,9H,4-5,7-8H2,1-3H3,(H2,17,18,19,20). The van der Waals surface area contributed by atoms with Gasteiger partial charge in [-0.2, -0.15) is 13.2 Å². The number of aromatic nitrogens is 2. The minimum absolute atomic E-state index is 0.220. The molecule has 0 aliphatic rings. The normalized spacial score (nSPS) is 13.0. The van der Waals surface area contributed by atoms with E-state index in [-0.39, 0.29) is 6.61 Å². The molecule has 0 amide bonds. The lowest BCUT2D eigenvalue weighted by atomic mass is 10.2. The van der Waals surface area contributed by atoms with Crippen molar-refractivity contribution in [3.63, 3.8) is 0 Å². The zero-order chi connectivity index (χ0) is 15.9. The minimum Gasteiger partial charge on any atom is -0.374 e. The molecule has 1 aromatic heterocycles. The average Bonchev–Trinajstić information content (AvgIpc) is 2.34. The van der Waals surface area contributed by atoms with Crippen LogP contribution in [0.5, 0.6) is 0 Å². The maximum atomic E-state index is 12.3. The van der Waals surface area contributed by atoms with Crippen LogP contribution in [0.25, 0.3) is 0 Å². The van der Waals surface area contributed by atoms with Gasteiger partial charge in [-0.15, -0.1) is 0 Å². The number of nitrogens with zero attached hydrogens (tertiary/aromatic N) is 2. The first-order valence-electron chi connectivity index (χ1n) is 6.87. The fraction of sp³-hybridized carbons (Fsp3) is 0.692. The molecule has 8 heteroatoms. The van der Waals surface area contributed by atoms with Crippen LogP contribution in [0, 0.1) is 0 Å². The molecule has 1 heterocycles. The molecule has 0 radical (unpaired) electrons. The van der Waals surface area contributed by atoms with Crippen LogP contribution in [-0.4, -0.2) is 35.3 Å². The maximum Gasteiger partial charge on any atom is 0.391 e. The molecule has 0 saturated heterocycles. The molecule has 0 bridgehead atoms. The molecule has 0 aromatic carbocycles. The van der Waals surface area contributed by atoms with Crippen molar-refractivity contribution in [3.8, 4) is 0 Å². The predicted molar refractivity (Wildman–Crippen MR) is 75.3 cm³/mol. The van der Waals surface area contributed by atoms with Gasteiger partial charge in [0, 0.05) is 25.3 Å². The fourth-order valence-corrected chi connectivity index (χ4v) is 1.75. The Balaban J connectivity index is 2.81. The van der Waals surface area contributed by atoms with Crippen LogP contribution in [0.3, 0.4) is 0 Å². The number of alkyl halides is 3. The van der Waals surface area contributed by atoms with Crippen LogP contribution in [0.2, 0.25) is 0 Å². The molecular formula is C13H21F3N4O. The first-order valence-corrected chi connectivity index (χ1v) is 6.87. The lowest BCUT2D eigenvalue weighted by molar-refractivity contribution is -0.136. The highest BCUT2D eigenvalue weighted by molar-refractivity contribution is 5.48. The number of nitrogens with one attached hydrogen (secondary N) is 2. The third-order valence-electron chi connectivity index (χ3n) is 2.50. The van der Waals surface area contributed by atoms with E-state index in [1.165, 1.54) is 6.92 Å². The number of hydrogen-bond acceptors (Lipinski definition) is 5. The predicted octanol–water partition coefficient (Wildman–Crippen LogP) is 3.20. The topological polar surface area (TPSA) is 59.1 Å². The summed E-state index contributed by atoms with van der Waals surface area (Å²) >= 11 is 0. The second-order valence-corrected chi connectivity index (χ2v) is 4.59. The van der Waals surface area contributed by atoms with E-state index in [1.54, 1.807) is 6.07 Å². The van der Waals surface area contributed by atoms with Crippen LogP contribution in [0.15, 0.2) is 6.07 Å². The summed E-state index contributed by atoms with van der Waals surface area (Å²) in [7, 11) is 0. The molecule has 1 unspecified atom stereocenters. The van der Waals surface area contributed by atoms with Crippen molar-refractivity contribution < 1.29 is 17.9 Å². The fourth-order valence-electron chi connectivity index (χ4n) is 1.75. The molecule has 1 aromatic rings. The first-order chi connectivity index (χ1) is 9.84. The maximum absolute atomic E-state index is 12.3.